The summed E-state index contributed by atoms with van der Waals surface area (Å²) in [4.78, 5) is 66.7. The van der Waals surface area contributed by atoms with Crippen LogP contribution in [0.25, 0.3) is 21.7 Å². The molecule has 0 radical (unpaired) electrons. The second kappa shape index (κ2) is 15.3. The molecule has 3 heterocycles. The number of hydrogen-bond donors (Lipinski definition) is 2. The number of esters is 2. The Bertz CT molecular complexity index is 1430. The van der Waals surface area contributed by atoms with Crippen LogP contribution < -0.4 is 5.48 Å². The fourth-order valence-electron chi connectivity index (χ4n) is 4.42. The van der Waals surface area contributed by atoms with Gasteiger partial charge in [-0.1, -0.05) is 5.11 Å². The fraction of sp³-hybridized carbons (Fsp3) is 0.500. The van der Waals surface area contributed by atoms with Crippen molar-refractivity contribution in [2.75, 3.05) is 80.2 Å². The normalized spacial score (nSPS) is 14.5. The number of amides is 1. The standard InChI is InChI=1S/C26H30N6O12/c1-37-24(35)15-13-17(23(34)31-44-12-9-41-8-7-40-6-5-39-4-3-28-32-27)29-21-19(15)20-16(14-18(30-20)25(36)38-2)26(22(21)33)42-10-11-43-26/h13-14,30H,3-12H2,1-2H3,(H,31,34). The van der Waals surface area contributed by atoms with E-state index in [2.05, 4.69) is 25.5 Å². The number of carbonyl (C=O) groups excluding carboxylic acids is 4. The van der Waals surface area contributed by atoms with Crippen LogP contribution in [0.1, 0.15) is 47.4 Å². The Kier molecular flexibility index (Phi) is 11.3. The number of aromatic nitrogens is 2. The minimum absolute atomic E-state index is 0.00420. The largest absolute Gasteiger partial charge is 0.465 e. The number of pyridine rings is 1. The van der Waals surface area contributed by atoms with Crippen LogP contribution in [0.15, 0.2) is 17.2 Å². The lowest BCUT2D eigenvalue weighted by Crippen LogP contribution is -2.41. The molecule has 18 nitrogen and oxygen atoms in total. The first-order chi connectivity index (χ1) is 21.4. The molecule has 2 aliphatic rings. The van der Waals surface area contributed by atoms with Gasteiger partial charge in [-0.25, -0.2) is 20.1 Å². The van der Waals surface area contributed by atoms with Gasteiger partial charge in [0.15, 0.2) is 0 Å². The number of ether oxygens (including phenoxy) is 7. The highest BCUT2D eigenvalue weighted by Gasteiger charge is 2.54. The molecular formula is C26H30N6O12. The number of aromatic amines is 1. The quantitative estimate of drug-likeness (QED) is 0.0670. The van der Waals surface area contributed by atoms with E-state index in [4.69, 9.17) is 43.5 Å². The van der Waals surface area contributed by atoms with Gasteiger partial charge in [-0.05, 0) is 17.7 Å². The monoisotopic (exact) mass is 618 g/mol. The number of nitrogens with one attached hydrogen (secondary N) is 2. The summed E-state index contributed by atoms with van der Waals surface area (Å²) in [5.74, 6) is -5.18. The van der Waals surface area contributed by atoms with E-state index in [0.717, 1.165) is 13.2 Å². The average molecular weight is 619 g/mol. The third-order valence-electron chi connectivity index (χ3n) is 6.33. The number of hydroxylamine groups is 1. The minimum Gasteiger partial charge on any atom is -0.465 e. The van der Waals surface area contributed by atoms with Crippen molar-refractivity contribution in [3.63, 3.8) is 0 Å². The van der Waals surface area contributed by atoms with Crippen molar-refractivity contribution in [2.24, 2.45) is 5.11 Å². The number of ketones is 1. The molecule has 2 N–H and O–H groups in total. The van der Waals surface area contributed by atoms with Crippen molar-refractivity contribution >= 4 is 23.6 Å². The summed E-state index contributed by atoms with van der Waals surface area (Å²) in [6.45, 7) is 2.03. The van der Waals surface area contributed by atoms with Crippen molar-refractivity contribution in [3.8, 4) is 11.3 Å². The molecule has 1 aliphatic carbocycles. The molecule has 4 rings (SSSR count). The lowest BCUT2D eigenvalue weighted by molar-refractivity contribution is -0.126. The van der Waals surface area contributed by atoms with Crippen molar-refractivity contribution in [1.82, 2.24) is 15.4 Å². The number of methoxy groups -OCH3 is 2. The average Bonchev–Trinajstić information content (AvgIpc) is 3.72. The van der Waals surface area contributed by atoms with Crippen LogP contribution >= 0.6 is 0 Å². The van der Waals surface area contributed by atoms with E-state index in [1.807, 2.05) is 0 Å². The van der Waals surface area contributed by atoms with Crippen LogP contribution in [-0.4, -0.2) is 114 Å². The molecule has 1 saturated heterocycles. The fourth-order valence-corrected chi connectivity index (χ4v) is 4.42. The van der Waals surface area contributed by atoms with Gasteiger partial charge in [-0.2, -0.15) is 0 Å². The van der Waals surface area contributed by atoms with Crippen LogP contribution in [0.5, 0.6) is 0 Å². The third-order valence-corrected chi connectivity index (χ3v) is 6.33. The number of hydrogen-bond acceptors (Lipinski definition) is 14. The molecule has 0 saturated carbocycles. The second-order valence-corrected chi connectivity index (χ2v) is 8.95. The van der Waals surface area contributed by atoms with Crippen molar-refractivity contribution in [2.45, 2.75) is 5.79 Å². The molecule has 1 amide bonds. The summed E-state index contributed by atoms with van der Waals surface area (Å²) in [6.07, 6.45) is 0. The Morgan fingerprint density at radius 1 is 1.00 bits per heavy atom. The number of H-pyrrole nitrogens is 1. The van der Waals surface area contributed by atoms with Gasteiger partial charge >= 0.3 is 11.9 Å². The van der Waals surface area contributed by atoms with E-state index < -0.39 is 29.4 Å². The summed E-state index contributed by atoms with van der Waals surface area (Å²) in [7, 11) is 2.32. The predicted octanol–water partition coefficient (Wildman–Crippen LogP) is 1.07. The second-order valence-electron chi connectivity index (χ2n) is 8.95. The highest BCUT2D eigenvalue weighted by atomic mass is 16.7. The molecule has 1 aliphatic heterocycles. The van der Waals surface area contributed by atoms with Gasteiger partial charge in [0.2, 0.25) is 5.78 Å². The molecule has 0 aromatic carbocycles. The SMILES string of the molecule is COC(=O)c1cc2c([nH]1)-c1c(C(=O)OC)cc(C(=O)NOCCOCCOCCOCCN=[N+]=[N-])nc1C(=O)C21OCCO1. The highest BCUT2D eigenvalue weighted by Crippen LogP contribution is 2.47. The maximum atomic E-state index is 13.8. The summed E-state index contributed by atoms with van der Waals surface area (Å²) in [6, 6.07) is 2.49. The zero-order valence-corrected chi connectivity index (χ0v) is 23.9. The van der Waals surface area contributed by atoms with Gasteiger partial charge in [0.05, 0.1) is 84.9 Å². The Balaban J connectivity index is 1.39. The van der Waals surface area contributed by atoms with E-state index in [-0.39, 0.29) is 79.0 Å². The molecule has 0 atom stereocenters. The van der Waals surface area contributed by atoms with Crippen LogP contribution in [-0.2, 0) is 43.8 Å². The summed E-state index contributed by atoms with van der Waals surface area (Å²) >= 11 is 0. The Morgan fingerprint density at radius 2 is 1.64 bits per heavy atom. The van der Waals surface area contributed by atoms with E-state index >= 15 is 0 Å². The first-order valence-electron chi connectivity index (χ1n) is 13.3. The number of nitrogens with zero attached hydrogens (tertiary/aromatic N) is 4. The van der Waals surface area contributed by atoms with Crippen LogP contribution in [0.2, 0.25) is 0 Å². The van der Waals surface area contributed by atoms with E-state index in [1.54, 1.807) is 0 Å². The van der Waals surface area contributed by atoms with E-state index in [9.17, 15) is 19.2 Å². The molecule has 0 bridgehead atoms. The van der Waals surface area contributed by atoms with E-state index in [0.29, 0.717) is 26.4 Å². The highest BCUT2D eigenvalue weighted by molar-refractivity contribution is 6.15. The predicted molar refractivity (Wildman–Crippen MR) is 145 cm³/mol. The third kappa shape index (κ3) is 7.03. The Morgan fingerprint density at radius 3 is 2.27 bits per heavy atom. The molecule has 2 aromatic rings. The van der Waals surface area contributed by atoms with E-state index in [1.165, 1.54) is 13.2 Å². The van der Waals surface area contributed by atoms with Gasteiger partial charge < -0.3 is 38.1 Å². The van der Waals surface area contributed by atoms with Gasteiger partial charge in [-0.3, -0.25) is 14.4 Å². The lowest BCUT2D eigenvalue weighted by Gasteiger charge is -2.31. The first kappa shape index (κ1) is 32.5. The van der Waals surface area contributed by atoms with Crippen LogP contribution in [0.4, 0.5) is 0 Å². The first-order valence-corrected chi connectivity index (χ1v) is 13.3. The minimum atomic E-state index is -1.95. The zero-order chi connectivity index (χ0) is 31.5. The topological polar surface area (TPSA) is 232 Å². The molecule has 1 spiro atoms. The maximum absolute atomic E-state index is 13.8. The Labute approximate surface area is 249 Å². The zero-order valence-electron chi connectivity index (χ0n) is 23.9. The van der Waals surface area contributed by atoms with Gasteiger partial charge in [0, 0.05) is 22.6 Å². The van der Waals surface area contributed by atoms with Crippen molar-refractivity contribution in [1.29, 1.82) is 0 Å². The van der Waals surface area contributed by atoms with Gasteiger partial charge in [-0.15, -0.1) is 0 Å². The molecule has 2 aromatic heterocycles. The molecule has 1 fully saturated rings. The molecule has 0 unspecified atom stereocenters. The smallest absolute Gasteiger partial charge is 0.354 e. The summed E-state index contributed by atoms with van der Waals surface area (Å²) < 4.78 is 37.0. The summed E-state index contributed by atoms with van der Waals surface area (Å²) in [5, 5.41) is 3.34. The number of rotatable bonds is 16. The Hall–Kier alpha value is -4.42. The van der Waals surface area contributed by atoms with Crippen molar-refractivity contribution < 1.29 is 57.2 Å². The molecule has 44 heavy (non-hydrogen) atoms. The van der Waals surface area contributed by atoms with Gasteiger partial charge in [0.1, 0.15) is 17.1 Å². The van der Waals surface area contributed by atoms with Crippen molar-refractivity contribution in [3.05, 3.63) is 50.8 Å². The maximum Gasteiger partial charge on any atom is 0.354 e. The number of fused-ring (bicyclic) bond motifs is 4. The number of Topliss-reactive ketones (excluding diaryl/α,β-unsaturated/α-hetero) is 1. The lowest BCUT2D eigenvalue weighted by atomic mass is 9.85. The molecular weight excluding hydrogens is 588 g/mol. The summed E-state index contributed by atoms with van der Waals surface area (Å²) in [5.41, 5.74) is 9.84. The van der Waals surface area contributed by atoms with Crippen LogP contribution in [0.3, 0.4) is 0 Å². The number of azide groups is 1. The number of carbonyl (C=O) groups is 4. The van der Waals surface area contributed by atoms with Gasteiger partial charge in [0.25, 0.3) is 11.7 Å². The molecule has 236 valence electrons. The van der Waals surface area contributed by atoms with Crippen LogP contribution in [0, 0.1) is 0 Å². The molecule has 18 heteroatoms.